The Balaban J connectivity index is 2.81. The minimum Gasteiger partial charge on any atom is -0.383 e. The Bertz CT molecular complexity index is 472. The van der Waals surface area contributed by atoms with Crippen molar-refractivity contribution in [3.8, 4) is 0 Å². The third-order valence-electron chi connectivity index (χ3n) is 1.62. The number of rotatable bonds is 0. The van der Waals surface area contributed by atoms with Gasteiger partial charge in [0, 0.05) is 15.2 Å². The maximum atomic E-state index is 5.62. The molecule has 0 unspecified atom stereocenters. The van der Waals surface area contributed by atoms with E-state index < -0.39 is 0 Å². The van der Waals surface area contributed by atoms with Crippen molar-refractivity contribution in [1.82, 2.24) is 9.97 Å². The molecule has 2 aromatic rings. The van der Waals surface area contributed by atoms with Gasteiger partial charge in [0.05, 0.1) is 4.47 Å². The molecule has 5 heteroatoms. The number of nitrogens with zero attached hydrogens (tertiary/aromatic N) is 2. The fourth-order valence-electron chi connectivity index (χ4n) is 1.03. The van der Waals surface area contributed by atoms with Crippen molar-refractivity contribution in [1.29, 1.82) is 0 Å². The lowest BCUT2D eigenvalue weighted by Crippen LogP contribution is -1.93. The second-order valence-electron chi connectivity index (χ2n) is 2.56. The summed E-state index contributed by atoms with van der Waals surface area (Å²) in [7, 11) is 0. The molecule has 2 rings (SSSR count). The quantitative estimate of drug-likeness (QED) is 0.744. The van der Waals surface area contributed by atoms with Gasteiger partial charge in [-0.1, -0.05) is 0 Å². The average Bonchev–Trinajstić information content (AvgIpc) is 2.08. The van der Waals surface area contributed by atoms with Crippen LogP contribution < -0.4 is 5.73 Å². The first kappa shape index (κ1) is 9.14. The molecule has 0 fully saturated rings. The number of fused-ring (bicyclic) bond motifs is 1. The zero-order valence-electron chi connectivity index (χ0n) is 6.46. The van der Waals surface area contributed by atoms with Gasteiger partial charge >= 0.3 is 0 Å². The molecule has 0 aliphatic carbocycles. The lowest BCUT2D eigenvalue weighted by Gasteiger charge is -2.00. The lowest BCUT2D eigenvalue weighted by atomic mass is 10.3. The molecule has 0 aliphatic rings. The van der Waals surface area contributed by atoms with Crippen LogP contribution in [0.15, 0.2) is 22.8 Å². The van der Waals surface area contributed by atoms with E-state index in [2.05, 4.69) is 48.5 Å². The van der Waals surface area contributed by atoms with E-state index in [4.69, 9.17) is 5.73 Å². The predicted molar refractivity (Wildman–Crippen MR) is 64.4 cm³/mol. The molecule has 2 N–H and O–H groups in total. The first-order chi connectivity index (χ1) is 6.16. The SMILES string of the molecule is Nc1nc2ncc(I)cc2cc1Br. The van der Waals surface area contributed by atoms with E-state index in [0.717, 1.165) is 13.4 Å². The van der Waals surface area contributed by atoms with Crippen LogP contribution in [0.25, 0.3) is 11.0 Å². The fraction of sp³-hybridized carbons (Fsp3) is 0. The van der Waals surface area contributed by atoms with Crippen LogP contribution in [0, 0.1) is 3.57 Å². The van der Waals surface area contributed by atoms with Gasteiger partial charge in [0.25, 0.3) is 0 Å². The van der Waals surface area contributed by atoms with Crippen LogP contribution in [0.1, 0.15) is 0 Å². The topological polar surface area (TPSA) is 51.8 Å². The molecule has 66 valence electrons. The van der Waals surface area contributed by atoms with Crippen LogP contribution in [0.4, 0.5) is 5.82 Å². The second kappa shape index (κ2) is 3.38. The molecule has 0 radical (unpaired) electrons. The summed E-state index contributed by atoms with van der Waals surface area (Å²) in [5.41, 5.74) is 6.31. The maximum absolute atomic E-state index is 5.62. The average molecular weight is 350 g/mol. The maximum Gasteiger partial charge on any atom is 0.161 e. The highest BCUT2D eigenvalue weighted by molar-refractivity contribution is 14.1. The second-order valence-corrected chi connectivity index (χ2v) is 4.66. The monoisotopic (exact) mass is 349 g/mol. The van der Waals surface area contributed by atoms with E-state index in [1.165, 1.54) is 0 Å². The standard InChI is InChI=1S/C8H5BrIN3/c9-6-2-4-1-5(10)3-12-8(4)13-7(6)11/h1-3H,(H2,11,12,13). The number of hydrogen-bond acceptors (Lipinski definition) is 3. The molecule has 0 aromatic carbocycles. The Kier molecular flexibility index (Phi) is 2.37. The van der Waals surface area contributed by atoms with E-state index >= 15 is 0 Å². The Hall–Kier alpha value is -0.430. The normalized spacial score (nSPS) is 10.6. The first-order valence-corrected chi connectivity index (χ1v) is 5.41. The Morgan fingerprint density at radius 3 is 2.92 bits per heavy atom. The molecule has 0 bridgehead atoms. The van der Waals surface area contributed by atoms with Gasteiger partial charge in [-0.3, -0.25) is 0 Å². The van der Waals surface area contributed by atoms with Crippen molar-refractivity contribution >= 4 is 55.4 Å². The minimum atomic E-state index is 0.473. The summed E-state index contributed by atoms with van der Waals surface area (Å²) >= 11 is 5.53. The van der Waals surface area contributed by atoms with E-state index in [1.807, 2.05) is 12.1 Å². The van der Waals surface area contributed by atoms with Crippen LogP contribution in [0.3, 0.4) is 0 Å². The zero-order valence-corrected chi connectivity index (χ0v) is 10.2. The molecule has 0 saturated heterocycles. The molecule has 0 saturated carbocycles. The summed E-state index contributed by atoms with van der Waals surface area (Å²) in [5.74, 6) is 0.473. The number of anilines is 1. The summed E-state index contributed by atoms with van der Waals surface area (Å²) < 4.78 is 1.90. The van der Waals surface area contributed by atoms with Gasteiger partial charge in [0.2, 0.25) is 0 Å². The van der Waals surface area contributed by atoms with Crippen molar-refractivity contribution in [3.63, 3.8) is 0 Å². The van der Waals surface area contributed by atoms with Gasteiger partial charge in [-0.05, 0) is 50.7 Å². The minimum absolute atomic E-state index is 0.473. The molecule has 3 nitrogen and oxygen atoms in total. The summed E-state index contributed by atoms with van der Waals surface area (Å²) in [6, 6.07) is 3.94. The third kappa shape index (κ3) is 1.76. The highest BCUT2D eigenvalue weighted by Crippen LogP contribution is 2.22. The lowest BCUT2D eigenvalue weighted by molar-refractivity contribution is 1.27. The number of halogens is 2. The van der Waals surface area contributed by atoms with Crippen molar-refractivity contribution < 1.29 is 0 Å². The van der Waals surface area contributed by atoms with Gasteiger partial charge < -0.3 is 5.73 Å². The number of pyridine rings is 2. The van der Waals surface area contributed by atoms with E-state index in [-0.39, 0.29) is 0 Å². The fourth-order valence-corrected chi connectivity index (χ4v) is 1.84. The van der Waals surface area contributed by atoms with Crippen molar-refractivity contribution in [2.75, 3.05) is 5.73 Å². The molecule has 0 atom stereocenters. The molecule has 0 aliphatic heterocycles. The van der Waals surface area contributed by atoms with E-state index in [1.54, 1.807) is 6.20 Å². The predicted octanol–water partition coefficient (Wildman–Crippen LogP) is 2.58. The molecule has 0 spiro atoms. The Morgan fingerprint density at radius 2 is 2.15 bits per heavy atom. The van der Waals surface area contributed by atoms with Gasteiger partial charge in [-0.2, -0.15) is 0 Å². The molecule has 0 amide bonds. The van der Waals surface area contributed by atoms with Crippen LogP contribution in [0.5, 0.6) is 0 Å². The molecule has 2 aromatic heterocycles. The molecular formula is C8H5BrIN3. The highest BCUT2D eigenvalue weighted by atomic mass is 127. The Morgan fingerprint density at radius 1 is 1.38 bits per heavy atom. The Labute approximate surface area is 97.0 Å². The molecular weight excluding hydrogens is 345 g/mol. The number of hydrogen-bond donors (Lipinski definition) is 1. The largest absolute Gasteiger partial charge is 0.383 e. The van der Waals surface area contributed by atoms with Gasteiger partial charge in [0.15, 0.2) is 5.65 Å². The van der Waals surface area contributed by atoms with Crippen molar-refractivity contribution in [2.24, 2.45) is 0 Å². The van der Waals surface area contributed by atoms with Crippen LogP contribution in [-0.2, 0) is 0 Å². The van der Waals surface area contributed by atoms with Crippen molar-refractivity contribution in [2.45, 2.75) is 0 Å². The molecule has 2 heterocycles. The number of aromatic nitrogens is 2. The third-order valence-corrected chi connectivity index (χ3v) is 2.84. The summed E-state index contributed by atoms with van der Waals surface area (Å²) in [4.78, 5) is 8.30. The summed E-state index contributed by atoms with van der Waals surface area (Å²) in [6.45, 7) is 0. The van der Waals surface area contributed by atoms with E-state index in [9.17, 15) is 0 Å². The zero-order chi connectivity index (χ0) is 9.42. The van der Waals surface area contributed by atoms with Gasteiger partial charge in [-0.15, -0.1) is 0 Å². The van der Waals surface area contributed by atoms with Crippen molar-refractivity contribution in [3.05, 3.63) is 26.4 Å². The number of nitrogen functional groups attached to an aromatic ring is 1. The summed E-state index contributed by atoms with van der Waals surface area (Å²) in [5, 5.41) is 0.993. The number of nitrogens with two attached hydrogens (primary N) is 1. The molecule has 13 heavy (non-hydrogen) atoms. The highest BCUT2D eigenvalue weighted by Gasteiger charge is 2.02. The van der Waals surface area contributed by atoms with Crippen LogP contribution in [0.2, 0.25) is 0 Å². The smallest absolute Gasteiger partial charge is 0.161 e. The van der Waals surface area contributed by atoms with Gasteiger partial charge in [0.1, 0.15) is 5.82 Å². The van der Waals surface area contributed by atoms with Gasteiger partial charge in [-0.25, -0.2) is 9.97 Å². The van der Waals surface area contributed by atoms with E-state index in [0.29, 0.717) is 11.5 Å². The summed E-state index contributed by atoms with van der Waals surface area (Å²) in [6.07, 6.45) is 1.77. The van der Waals surface area contributed by atoms with Crippen LogP contribution >= 0.6 is 38.5 Å². The van der Waals surface area contributed by atoms with Crippen LogP contribution in [-0.4, -0.2) is 9.97 Å². The first-order valence-electron chi connectivity index (χ1n) is 3.54.